The van der Waals surface area contributed by atoms with Gasteiger partial charge in [0.25, 0.3) is 5.89 Å². The molecule has 6 nitrogen and oxygen atoms in total. The predicted molar refractivity (Wildman–Crippen MR) is 75.6 cm³/mol. The highest BCUT2D eigenvalue weighted by Gasteiger charge is 2.18. The monoisotopic (exact) mass is 291 g/mol. The number of aromatic nitrogens is 5. The Hall–Kier alpha value is -1.95. The van der Waals surface area contributed by atoms with E-state index in [0.29, 0.717) is 22.4 Å². The second-order valence-electron chi connectivity index (χ2n) is 4.78. The minimum absolute atomic E-state index is 0.176. The fourth-order valence-corrected chi connectivity index (χ4v) is 2.22. The number of hydrogen-bond acceptors (Lipinski definition) is 5. The van der Waals surface area contributed by atoms with E-state index in [1.165, 1.54) is 0 Å². The zero-order chi connectivity index (χ0) is 14.3. The lowest BCUT2D eigenvalue weighted by Gasteiger charge is -2.02. The number of rotatable bonds is 3. The van der Waals surface area contributed by atoms with Crippen LogP contribution in [0.4, 0.5) is 0 Å². The molecule has 0 saturated carbocycles. The highest BCUT2D eigenvalue weighted by atomic mass is 35.5. The summed E-state index contributed by atoms with van der Waals surface area (Å²) in [6.07, 6.45) is 3.35. The maximum Gasteiger partial charge on any atom is 0.250 e. The van der Waals surface area contributed by atoms with E-state index in [1.54, 1.807) is 17.1 Å². The summed E-state index contributed by atoms with van der Waals surface area (Å²) in [5, 5.41) is 13.6. The van der Waals surface area contributed by atoms with E-state index in [1.807, 2.05) is 20.8 Å². The number of aryl methyl sites for hydroxylation is 1. The summed E-state index contributed by atoms with van der Waals surface area (Å²) in [5.74, 6) is 1.15. The first-order valence-corrected chi connectivity index (χ1v) is 6.83. The maximum absolute atomic E-state index is 6.41. The van der Waals surface area contributed by atoms with E-state index in [4.69, 9.17) is 16.0 Å². The fraction of sp³-hybridized carbons (Fsp3) is 0.385. The van der Waals surface area contributed by atoms with Crippen LogP contribution >= 0.6 is 11.6 Å². The van der Waals surface area contributed by atoms with Crippen molar-refractivity contribution in [1.29, 1.82) is 0 Å². The molecule has 0 aliphatic carbocycles. The summed E-state index contributed by atoms with van der Waals surface area (Å²) in [7, 11) is 0. The highest BCUT2D eigenvalue weighted by Crippen LogP contribution is 2.32. The lowest BCUT2D eigenvalue weighted by atomic mass is 10.2. The smallest absolute Gasteiger partial charge is 0.250 e. The normalized spacial score (nSPS) is 11.7. The lowest BCUT2D eigenvalue weighted by molar-refractivity contribution is 0.481. The van der Waals surface area contributed by atoms with Crippen LogP contribution in [0, 0.1) is 0 Å². The molecule has 104 valence electrons. The van der Waals surface area contributed by atoms with Gasteiger partial charge in [-0.3, -0.25) is 0 Å². The average molecular weight is 292 g/mol. The summed E-state index contributed by atoms with van der Waals surface area (Å²) in [6, 6.07) is 0. The van der Waals surface area contributed by atoms with Gasteiger partial charge < -0.3 is 4.42 Å². The van der Waals surface area contributed by atoms with Gasteiger partial charge in [-0.2, -0.15) is 5.10 Å². The molecule has 0 radical (unpaired) electrons. The highest BCUT2D eigenvalue weighted by molar-refractivity contribution is 6.37. The Balaban J connectivity index is 2.14. The van der Waals surface area contributed by atoms with Crippen LogP contribution in [-0.2, 0) is 6.54 Å². The SMILES string of the molecule is CCn1ncc2c(Cl)c(-c3nnc(C(C)C)o3)cnc21. The number of halogens is 1. The van der Waals surface area contributed by atoms with E-state index in [-0.39, 0.29) is 5.92 Å². The Bertz CT molecular complexity index is 761. The summed E-state index contributed by atoms with van der Waals surface area (Å²) >= 11 is 6.41. The van der Waals surface area contributed by atoms with Crippen LogP contribution in [0.25, 0.3) is 22.5 Å². The number of fused-ring (bicyclic) bond motifs is 1. The van der Waals surface area contributed by atoms with Crippen molar-refractivity contribution in [1.82, 2.24) is 25.0 Å². The largest absolute Gasteiger partial charge is 0.420 e. The molecule has 0 aliphatic heterocycles. The Labute approximate surface area is 120 Å². The summed E-state index contributed by atoms with van der Waals surface area (Å²) < 4.78 is 7.41. The van der Waals surface area contributed by atoms with Crippen LogP contribution in [0.5, 0.6) is 0 Å². The molecule has 0 saturated heterocycles. The Morgan fingerprint density at radius 2 is 2.10 bits per heavy atom. The molecule has 3 aromatic rings. The summed E-state index contributed by atoms with van der Waals surface area (Å²) in [6.45, 7) is 6.73. The van der Waals surface area contributed by atoms with Crippen LogP contribution in [0.15, 0.2) is 16.8 Å². The minimum Gasteiger partial charge on any atom is -0.420 e. The molecule has 20 heavy (non-hydrogen) atoms. The molecule has 0 N–H and O–H groups in total. The lowest BCUT2D eigenvalue weighted by Crippen LogP contribution is -1.97. The molecule has 0 aliphatic rings. The van der Waals surface area contributed by atoms with Crippen LogP contribution < -0.4 is 0 Å². The summed E-state index contributed by atoms with van der Waals surface area (Å²) in [4.78, 5) is 4.39. The van der Waals surface area contributed by atoms with Crippen molar-refractivity contribution >= 4 is 22.6 Å². The van der Waals surface area contributed by atoms with Crippen molar-refractivity contribution in [2.45, 2.75) is 33.2 Å². The molecule has 0 unspecified atom stereocenters. The minimum atomic E-state index is 0.176. The molecule has 7 heteroatoms. The average Bonchev–Trinajstić information content (AvgIpc) is 3.05. The van der Waals surface area contributed by atoms with Crippen LogP contribution in [0.3, 0.4) is 0 Å². The van der Waals surface area contributed by atoms with E-state index in [9.17, 15) is 0 Å². The van der Waals surface area contributed by atoms with Crippen LogP contribution in [0.1, 0.15) is 32.6 Å². The van der Waals surface area contributed by atoms with Gasteiger partial charge in [-0.05, 0) is 6.92 Å². The van der Waals surface area contributed by atoms with E-state index < -0.39 is 0 Å². The van der Waals surface area contributed by atoms with Gasteiger partial charge in [-0.1, -0.05) is 25.4 Å². The van der Waals surface area contributed by atoms with Gasteiger partial charge in [0.2, 0.25) is 5.89 Å². The Morgan fingerprint density at radius 1 is 1.30 bits per heavy atom. The zero-order valence-corrected chi connectivity index (χ0v) is 12.2. The van der Waals surface area contributed by atoms with Gasteiger partial charge in [0.1, 0.15) is 0 Å². The van der Waals surface area contributed by atoms with Gasteiger partial charge in [-0.25, -0.2) is 9.67 Å². The molecule has 3 aromatic heterocycles. The molecule has 3 rings (SSSR count). The second-order valence-corrected chi connectivity index (χ2v) is 5.16. The van der Waals surface area contributed by atoms with Crippen molar-refractivity contribution in [2.24, 2.45) is 0 Å². The van der Waals surface area contributed by atoms with Crippen molar-refractivity contribution < 1.29 is 4.42 Å². The quantitative estimate of drug-likeness (QED) is 0.740. The Morgan fingerprint density at radius 3 is 2.75 bits per heavy atom. The van der Waals surface area contributed by atoms with Crippen molar-refractivity contribution in [2.75, 3.05) is 0 Å². The van der Waals surface area contributed by atoms with Gasteiger partial charge in [-0.15, -0.1) is 10.2 Å². The van der Waals surface area contributed by atoms with Crippen molar-refractivity contribution in [3.63, 3.8) is 0 Å². The molecular formula is C13H14ClN5O. The van der Waals surface area contributed by atoms with Gasteiger partial charge in [0.15, 0.2) is 5.65 Å². The zero-order valence-electron chi connectivity index (χ0n) is 11.5. The molecule has 3 heterocycles. The first-order valence-electron chi connectivity index (χ1n) is 6.45. The third-order valence-electron chi connectivity index (χ3n) is 3.06. The van der Waals surface area contributed by atoms with Gasteiger partial charge >= 0.3 is 0 Å². The summed E-state index contributed by atoms with van der Waals surface area (Å²) in [5.41, 5.74) is 1.39. The molecule has 0 aromatic carbocycles. The van der Waals surface area contributed by atoms with Crippen LogP contribution in [-0.4, -0.2) is 25.0 Å². The number of nitrogens with zero attached hydrogens (tertiary/aromatic N) is 5. The molecule has 0 amide bonds. The van der Waals surface area contributed by atoms with Crippen molar-refractivity contribution in [3.8, 4) is 11.5 Å². The third kappa shape index (κ3) is 1.96. The number of pyridine rings is 1. The number of hydrogen-bond donors (Lipinski definition) is 0. The topological polar surface area (TPSA) is 69.6 Å². The molecule has 0 atom stereocenters. The second kappa shape index (κ2) is 4.86. The molecule has 0 spiro atoms. The van der Waals surface area contributed by atoms with E-state index >= 15 is 0 Å². The maximum atomic E-state index is 6.41. The van der Waals surface area contributed by atoms with Crippen molar-refractivity contribution in [3.05, 3.63) is 23.3 Å². The van der Waals surface area contributed by atoms with Crippen LogP contribution in [0.2, 0.25) is 5.02 Å². The van der Waals surface area contributed by atoms with Gasteiger partial charge in [0, 0.05) is 18.7 Å². The fourth-order valence-electron chi connectivity index (χ4n) is 1.95. The standard InChI is InChI=1S/C13H14ClN5O/c1-4-19-11-8(6-16-19)10(14)9(5-15-11)13-18-17-12(20-13)7(2)3/h5-7H,4H2,1-3H3. The first kappa shape index (κ1) is 13.1. The Kier molecular flexibility index (Phi) is 3.17. The predicted octanol–water partition coefficient (Wildman–Crippen LogP) is 3.28. The molecule has 0 bridgehead atoms. The molecular weight excluding hydrogens is 278 g/mol. The third-order valence-corrected chi connectivity index (χ3v) is 3.47. The first-order chi connectivity index (χ1) is 9.61. The van der Waals surface area contributed by atoms with E-state index in [0.717, 1.165) is 17.6 Å². The molecule has 0 fully saturated rings. The van der Waals surface area contributed by atoms with E-state index in [2.05, 4.69) is 20.3 Å². The van der Waals surface area contributed by atoms with Gasteiger partial charge in [0.05, 0.1) is 22.2 Å².